The molecule has 29 heavy (non-hydrogen) atoms. The molecule has 1 aliphatic heterocycles. The van der Waals surface area contributed by atoms with Gasteiger partial charge in [0.05, 0.1) is 0 Å². The molecule has 1 aromatic carbocycles. The van der Waals surface area contributed by atoms with E-state index in [-0.39, 0.29) is 8.77 Å². The van der Waals surface area contributed by atoms with E-state index in [0.29, 0.717) is 41.9 Å². The van der Waals surface area contributed by atoms with Crippen LogP contribution in [0.3, 0.4) is 0 Å². The van der Waals surface area contributed by atoms with Gasteiger partial charge in [-0.05, 0) is 30.2 Å². The highest BCUT2D eigenvalue weighted by Crippen LogP contribution is 2.33. The summed E-state index contributed by atoms with van der Waals surface area (Å²) in [5.74, 6) is 0.904. The minimum absolute atomic E-state index is 0. The summed E-state index contributed by atoms with van der Waals surface area (Å²) in [5, 5.41) is 4.81. The molecule has 1 aliphatic rings. The summed E-state index contributed by atoms with van der Waals surface area (Å²) >= 11 is 0. The monoisotopic (exact) mass is 414 g/mol. The van der Waals surface area contributed by atoms with E-state index in [1.807, 2.05) is 5.32 Å². The molecule has 2 heterocycles. The van der Waals surface area contributed by atoms with Crippen LogP contribution in [0.4, 0.5) is 19.0 Å². The Hall–Kier alpha value is -3.04. The number of nitrogens with one attached hydrogen (secondary N) is 2. The molecule has 0 radical (unpaired) electrons. The van der Waals surface area contributed by atoms with E-state index in [1.165, 1.54) is 6.20 Å². The summed E-state index contributed by atoms with van der Waals surface area (Å²) in [6, 6.07) is 5.95. The number of carbonyl (C=O) groups excluding carboxylic acids is 1. The minimum Gasteiger partial charge on any atom is -0.486 e. The van der Waals surface area contributed by atoms with Crippen LogP contribution in [-0.4, -0.2) is 47.9 Å². The molecule has 1 amide bonds. The highest BCUT2D eigenvalue weighted by Gasteiger charge is 2.30. The van der Waals surface area contributed by atoms with Gasteiger partial charge < -0.3 is 20.1 Å². The molecule has 0 aliphatic carbocycles. The number of benzene rings is 1. The van der Waals surface area contributed by atoms with Crippen LogP contribution in [0.2, 0.25) is 0 Å². The lowest BCUT2D eigenvalue weighted by atomic mass is 10.0. The third-order valence-corrected chi connectivity index (χ3v) is 4.17. The fourth-order valence-corrected chi connectivity index (χ4v) is 2.75. The fraction of sp³-hybridized carbons (Fsp3) is 0.421. The number of nitrogens with zero attached hydrogens (tertiary/aromatic N) is 2. The van der Waals surface area contributed by atoms with E-state index in [2.05, 4.69) is 15.3 Å². The van der Waals surface area contributed by atoms with E-state index >= 15 is 0 Å². The Labute approximate surface area is 168 Å². The Morgan fingerprint density at radius 1 is 1.21 bits per heavy atom. The summed E-state index contributed by atoms with van der Waals surface area (Å²) in [4.78, 5) is 20.8. The smallest absolute Gasteiger partial charge is 0.405 e. The van der Waals surface area contributed by atoms with Gasteiger partial charge in [0.2, 0.25) is 5.91 Å². The SMILES string of the molecule is CC(C)[C@@H](Nc1ccnc(-c2ccc3c(c2)OCCO3)n1)C(=O)NCC(F)(F)F.[HH].[HH]. The van der Waals surface area contributed by atoms with Crippen LogP contribution in [0.15, 0.2) is 30.5 Å². The van der Waals surface area contributed by atoms with Gasteiger partial charge >= 0.3 is 6.18 Å². The molecule has 7 nitrogen and oxygen atoms in total. The zero-order valence-electron chi connectivity index (χ0n) is 15.9. The minimum atomic E-state index is -4.47. The molecule has 1 atom stereocenters. The highest BCUT2D eigenvalue weighted by atomic mass is 19.4. The van der Waals surface area contributed by atoms with Crippen molar-refractivity contribution in [1.82, 2.24) is 15.3 Å². The summed E-state index contributed by atoms with van der Waals surface area (Å²) < 4.78 is 48.2. The summed E-state index contributed by atoms with van der Waals surface area (Å²) in [7, 11) is 0. The molecule has 0 fully saturated rings. The highest BCUT2D eigenvalue weighted by molar-refractivity contribution is 5.84. The third-order valence-electron chi connectivity index (χ3n) is 4.17. The van der Waals surface area contributed by atoms with E-state index in [9.17, 15) is 18.0 Å². The molecule has 2 aromatic rings. The van der Waals surface area contributed by atoms with E-state index < -0.39 is 24.7 Å². The number of halogens is 3. The molecule has 160 valence electrons. The number of carbonyl (C=O) groups is 1. The predicted octanol–water partition coefficient (Wildman–Crippen LogP) is 3.52. The van der Waals surface area contributed by atoms with Crippen LogP contribution < -0.4 is 20.1 Å². The van der Waals surface area contributed by atoms with Gasteiger partial charge in [-0.3, -0.25) is 4.79 Å². The maximum atomic E-state index is 12.4. The van der Waals surface area contributed by atoms with Crippen LogP contribution >= 0.6 is 0 Å². The maximum absolute atomic E-state index is 12.4. The van der Waals surface area contributed by atoms with Crippen molar-refractivity contribution in [2.75, 3.05) is 25.1 Å². The first-order valence-corrected chi connectivity index (χ1v) is 9.07. The van der Waals surface area contributed by atoms with Crippen LogP contribution in [-0.2, 0) is 4.79 Å². The zero-order valence-corrected chi connectivity index (χ0v) is 15.9. The Balaban J connectivity index is 0.00000240. The van der Waals surface area contributed by atoms with Gasteiger partial charge in [-0.15, -0.1) is 0 Å². The first-order valence-electron chi connectivity index (χ1n) is 9.07. The van der Waals surface area contributed by atoms with Crippen LogP contribution in [0, 0.1) is 5.92 Å². The van der Waals surface area contributed by atoms with Crippen molar-refractivity contribution in [1.29, 1.82) is 0 Å². The molecule has 0 bridgehead atoms. The number of amides is 1. The molecule has 1 aromatic heterocycles. The standard InChI is InChI=1S/C19H21F3N4O3.2H2/c1-11(2)16(18(27)24-10-19(20,21)22)25-15-5-6-23-17(26-15)12-3-4-13-14(9-12)29-8-7-28-13;;/h3-6,9,11,16H,7-8,10H2,1-2H3,(H,24,27)(H,23,25,26);2*1H/t16-;;/m1../s1. The Morgan fingerprint density at radius 2 is 1.93 bits per heavy atom. The topological polar surface area (TPSA) is 85.4 Å². The van der Waals surface area contributed by atoms with Gasteiger partial charge in [-0.2, -0.15) is 13.2 Å². The van der Waals surface area contributed by atoms with Crippen molar-refractivity contribution in [3.8, 4) is 22.9 Å². The summed E-state index contributed by atoms with van der Waals surface area (Å²) in [6.45, 7) is 3.00. The first-order chi connectivity index (χ1) is 13.7. The van der Waals surface area contributed by atoms with Gasteiger partial charge in [-0.25, -0.2) is 9.97 Å². The molecule has 0 spiro atoms. The number of aromatic nitrogens is 2. The van der Waals surface area contributed by atoms with E-state index in [0.717, 1.165) is 0 Å². The number of hydrogen-bond acceptors (Lipinski definition) is 6. The quantitative estimate of drug-likeness (QED) is 0.752. The second kappa shape index (κ2) is 8.54. The van der Waals surface area contributed by atoms with Crippen molar-refractivity contribution in [2.24, 2.45) is 5.92 Å². The van der Waals surface area contributed by atoms with Crippen molar-refractivity contribution in [3.05, 3.63) is 30.5 Å². The van der Waals surface area contributed by atoms with Crippen LogP contribution in [0.25, 0.3) is 11.4 Å². The van der Waals surface area contributed by atoms with Crippen molar-refractivity contribution < 1.29 is 30.3 Å². The number of ether oxygens (including phenoxy) is 2. The predicted molar refractivity (Wildman–Crippen MR) is 104 cm³/mol. The number of rotatable bonds is 6. The number of hydrogen-bond donors (Lipinski definition) is 2. The lowest BCUT2D eigenvalue weighted by Gasteiger charge is -2.23. The molecule has 3 rings (SSSR count). The largest absolute Gasteiger partial charge is 0.486 e. The molecule has 0 saturated carbocycles. The average Bonchev–Trinajstić information content (AvgIpc) is 2.69. The molecular formula is C19H25F3N4O3. The lowest BCUT2D eigenvalue weighted by molar-refractivity contribution is -0.139. The number of fused-ring (bicyclic) bond motifs is 1. The number of anilines is 1. The second-order valence-electron chi connectivity index (χ2n) is 6.82. The third kappa shape index (κ3) is 5.49. The normalized spacial score (nSPS) is 14.4. The zero-order chi connectivity index (χ0) is 21.0. The molecule has 2 N–H and O–H groups in total. The van der Waals surface area contributed by atoms with E-state index in [4.69, 9.17) is 9.47 Å². The van der Waals surface area contributed by atoms with Gasteiger partial charge in [-0.1, -0.05) is 13.8 Å². The summed E-state index contributed by atoms with van der Waals surface area (Å²) in [6.07, 6.45) is -2.97. The van der Waals surface area contributed by atoms with E-state index in [1.54, 1.807) is 38.1 Å². The van der Waals surface area contributed by atoms with Gasteiger partial charge in [0, 0.05) is 14.6 Å². The van der Waals surface area contributed by atoms with Gasteiger partial charge in [0.25, 0.3) is 0 Å². The van der Waals surface area contributed by atoms with Crippen molar-refractivity contribution >= 4 is 11.7 Å². The fourth-order valence-electron chi connectivity index (χ4n) is 2.75. The Morgan fingerprint density at radius 3 is 2.62 bits per heavy atom. The van der Waals surface area contributed by atoms with Crippen LogP contribution in [0.1, 0.15) is 16.7 Å². The second-order valence-corrected chi connectivity index (χ2v) is 6.82. The van der Waals surface area contributed by atoms with Gasteiger partial charge in [0.15, 0.2) is 17.3 Å². The van der Waals surface area contributed by atoms with Crippen molar-refractivity contribution in [3.63, 3.8) is 0 Å². The number of alkyl halides is 3. The Bertz CT molecular complexity index is 885. The maximum Gasteiger partial charge on any atom is 0.405 e. The van der Waals surface area contributed by atoms with Crippen LogP contribution in [0.5, 0.6) is 11.5 Å². The molecule has 0 saturated heterocycles. The first kappa shape index (κ1) is 20.7. The Kier molecular flexibility index (Phi) is 6.09. The average molecular weight is 414 g/mol. The van der Waals surface area contributed by atoms with Crippen molar-refractivity contribution in [2.45, 2.75) is 26.1 Å². The summed E-state index contributed by atoms with van der Waals surface area (Å²) in [5.41, 5.74) is 0.681. The lowest BCUT2D eigenvalue weighted by Crippen LogP contribution is -2.46. The van der Waals surface area contributed by atoms with Gasteiger partial charge in [0.1, 0.15) is 31.6 Å². The molecular weight excluding hydrogens is 389 g/mol. The molecule has 0 unspecified atom stereocenters. The molecule has 10 heteroatoms.